The summed E-state index contributed by atoms with van der Waals surface area (Å²) in [5, 5.41) is 0. The molecule has 1 aromatic carbocycles. The minimum absolute atomic E-state index is 0.743. The van der Waals surface area contributed by atoms with Gasteiger partial charge in [0.1, 0.15) is 0 Å². The fourth-order valence-electron chi connectivity index (χ4n) is 6.73. The molecule has 0 aromatic heterocycles. The summed E-state index contributed by atoms with van der Waals surface area (Å²) in [6.07, 6.45) is 42.3. The van der Waals surface area contributed by atoms with E-state index in [1.165, 1.54) is 179 Å². The Hall–Kier alpha value is -1.38. The van der Waals surface area contributed by atoms with Crippen LogP contribution in [-0.2, 0) is 6.42 Å². The first-order valence-corrected chi connectivity index (χ1v) is 21.8. The van der Waals surface area contributed by atoms with Crippen LogP contribution in [0.2, 0.25) is 0 Å². The molecule has 0 radical (unpaired) electrons. The lowest BCUT2D eigenvalue weighted by molar-refractivity contribution is 0.234. The summed E-state index contributed by atoms with van der Waals surface area (Å²) in [5.74, 6) is 2.66. The summed E-state index contributed by atoms with van der Waals surface area (Å²) in [6, 6.07) is 4.47. The SMILES string of the molecule is CCCCCCCCCCCCOc1cc(CCC)cc(OCCCCCCCCCCCC)c1OCCCCCCCCCCCC. The maximum atomic E-state index is 6.52. The van der Waals surface area contributed by atoms with Crippen LogP contribution < -0.4 is 14.2 Å². The summed E-state index contributed by atoms with van der Waals surface area (Å²) in [4.78, 5) is 0. The second kappa shape index (κ2) is 35.4. The van der Waals surface area contributed by atoms with Gasteiger partial charge in [0, 0.05) is 0 Å². The molecule has 3 heteroatoms. The number of aryl methyl sites for hydroxylation is 1. The van der Waals surface area contributed by atoms with Gasteiger partial charge in [-0.3, -0.25) is 0 Å². The van der Waals surface area contributed by atoms with E-state index in [1.54, 1.807) is 0 Å². The van der Waals surface area contributed by atoms with Crippen LogP contribution in [0.5, 0.6) is 17.2 Å². The molecule has 1 aromatic rings. The maximum absolute atomic E-state index is 6.52. The van der Waals surface area contributed by atoms with Gasteiger partial charge in [-0.2, -0.15) is 0 Å². The summed E-state index contributed by atoms with van der Waals surface area (Å²) in [6.45, 7) is 11.4. The molecule has 0 aliphatic carbocycles. The zero-order valence-corrected chi connectivity index (χ0v) is 33.1. The Morgan fingerprint density at radius 2 is 0.583 bits per heavy atom. The van der Waals surface area contributed by atoms with E-state index in [4.69, 9.17) is 14.2 Å². The molecule has 0 unspecified atom stereocenters. The third-order valence-corrected chi connectivity index (χ3v) is 9.87. The average molecular weight is 673 g/mol. The molecule has 0 heterocycles. The Kier molecular flexibility index (Phi) is 33.0. The molecular weight excluding hydrogens is 588 g/mol. The van der Waals surface area contributed by atoms with Crippen LogP contribution in [0.3, 0.4) is 0 Å². The number of hydrogen-bond acceptors (Lipinski definition) is 3. The van der Waals surface area contributed by atoms with Crippen molar-refractivity contribution >= 4 is 0 Å². The van der Waals surface area contributed by atoms with E-state index in [0.717, 1.165) is 69.2 Å². The van der Waals surface area contributed by atoms with Crippen molar-refractivity contribution in [2.24, 2.45) is 0 Å². The second-order valence-electron chi connectivity index (χ2n) is 14.8. The summed E-state index contributed by atoms with van der Waals surface area (Å²) in [7, 11) is 0. The molecule has 1 rings (SSSR count). The zero-order valence-electron chi connectivity index (χ0n) is 33.1. The summed E-state index contributed by atoms with van der Waals surface area (Å²) >= 11 is 0. The highest BCUT2D eigenvalue weighted by atomic mass is 16.5. The van der Waals surface area contributed by atoms with Crippen LogP contribution in [0.1, 0.15) is 232 Å². The molecule has 48 heavy (non-hydrogen) atoms. The average Bonchev–Trinajstić information content (AvgIpc) is 3.09. The lowest BCUT2D eigenvalue weighted by Gasteiger charge is -2.19. The predicted molar refractivity (Wildman–Crippen MR) is 212 cm³/mol. The van der Waals surface area contributed by atoms with Gasteiger partial charge in [0.05, 0.1) is 19.8 Å². The van der Waals surface area contributed by atoms with Crippen LogP contribution >= 0.6 is 0 Å². The summed E-state index contributed by atoms with van der Waals surface area (Å²) < 4.78 is 19.5. The van der Waals surface area contributed by atoms with E-state index < -0.39 is 0 Å². The molecule has 282 valence electrons. The largest absolute Gasteiger partial charge is 0.490 e. The monoisotopic (exact) mass is 673 g/mol. The van der Waals surface area contributed by atoms with Gasteiger partial charge in [0.2, 0.25) is 5.75 Å². The Balaban J connectivity index is 2.59. The molecule has 0 fully saturated rings. The minimum Gasteiger partial charge on any atom is -0.490 e. The molecule has 0 bridgehead atoms. The first-order chi connectivity index (χ1) is 23.8. The fraction of sp³-hybridized carbons (Fsp3) is 0.867. The van der Waals surface area contributed by atoms with Gasteiger partial charge in [-0.1, -0.05) is 207 Å². The molecule has 0 spiro atoms. The molecule has 0 atom stereocenters. The van der Waals surface area contributed by atoms with Crippen LogP contribution in [0, 0.1) is 0 Å². The quantitative estimate of drug-likeness (QED) is 0.0654. The van der Waals surface area contributed by atoms with Crippen LogP contribution in [-0.4, -0.2) is 19.8 Å². The van der Waals surface area contributed by atoms with Crippen LogP contribution in [0.25, 0.3) is 0 Å². The van der Waals surface area contributed by atoms with Crippen molar-refractivity contribution in [3.05, 3.63) is 17.7 Å². The number of unbranched alkanes of at least 4 members (excludes halogenated alkanes) is 27. The second-order valence-corrected chi connectivity index (χ2v) is 14.8. The molecule has 0 aliphatic rings. The number of ether oxygens (including phenoxy) is 3. The fourth-order valence-corrected chi connectivity index (χ4v) is 6.73. The standard InChI is InChI=1S/C45H84O3/c1-5-9-12-15-18-21-24-27-30-33-37-46-43-40-42(36-8-4)41-44(47-38-34-31-28-25-22-19-16-13-10-6-2)45(43)48-39-35-32-29-26-23-20-17-14-11-7-3/h40-41H,5-39H2,1-4H3. The zero-order chi connectivity index (χ0) is 34.6. The highest BCUT2D eigenvalue weighted by Crippen LogP contribution is 2.40. The van der Waals surface area contributed by atoms with E-state index in [-0.39, 0.29) is 0 Å². The topological polar surface area (TPSA) is 27.7 Å². The van der Waals surface area contributed by atoms with Crippen molar-refractivity contribution < 1.29 is 14.2 Å². The van der Waals surface area contributed by atoms with E-state index >= 15 is 0 Å². The first kappa shape index (κ1) is 44.6. The van der Waals surface area contributed by atoms with E-state index in [0.29, 0.717) is 0 Å². The molecule has 0 saturated carbocycles. The van der Waals surface area contributed by atoms with Gasteiger partial charge < -0.3 is 14.2 Å². The van der Waals surface area contributed by atoms with Gasteiger partial charge in [-0.15, -0.1) is 0 Å². The van der Waals surface area contributed by atoms with Gasteiger partial charge in [0.15, 0.2) is 11.5 Å². The van der Waals surface area contributed by atoms with Crippen LogP contribution in [0.15, 0.2) is 12.1 Å². The van der Waals surface area contributed by atoms with Crippen molar-refractivity contribution in [2.75, 3.05) is 19.8 Å². The van der Waals surface area contributed by atoms with Gasteiger partial charge in [-0.05, 0) is 43.4 Å². The minimum atomic E-state index is 0.743. The Labute approximate surface area is 301 Å². The van der Waals surface area contributed by atoms with Crippen molar-refractivity contribution in [1.82, 2.24) is 0 Å². The smallest absolute Gasteiger partial charge is 0.203 e. The summed E-state index contributed by atoms with van der Waals surface area (Å²) in [5.41, 5.74) is 1.31. The molecule has 0 amide bonds. The van der Waals surface area contributed by atoms with Gasteiger partial charge in [0.25, 0.3) is 0 Å². The van der Waals surface area contributed by atoms with E-state index in [2.05, 4.69) is 39.8 Å². The third-order valence-electron chi connectivity index (χ3n) is 9.87. The Morgan fingerprint density at radius 3 is 0.875 bits per heavy atom. The van der Waals surface area contributed by atoms with E-state index in [1.807, 2.05) is 0 Å². The number of benzene rings is 1. The van der Waals surface area contributed by atoms with Crippen LogP contribution in [0.4, 0.5) is 0 Å². The van der Waals surface area contributed by atoms with Crippen molar-refractivity contribution in [2.45, 2.75) is 233 Å². The Bertz CT molecular complexity index is 743. The molecule has 0 N–H and O–H groups in total. The van der Waals surface area contributed by atoms with Crippen molar-refractivity contribution in [3.63, 3.8) is 0 Å². The maximum Gasteiger partial charge on any atom is 0.203 e. The molecular formula is C45H84O3. The number of rotatable bonds is 38. The highest BCUT2D eigenvalue weighted by molar-refractivity contribution is 5.54. The third kappa shape index (κ3) is 26.5. The Morgan fingerprint density at radius 1 is 0.312 bits per heavy atom. The highest BCUT2D eigenvalue weighted by Gasteiger charge is 2.16. The molecule has 3 nitrogen and oxygen atoms in total. The predicted octanol–water partition coefficient (Wildman–Crippen LogP) is 15.5. The van der Waals surface area contributed by atoms with E-state index in [9.17, 15) is 0 Å². The number of hydrogen-bond donors (Lipinski definition) is 0. The van der Waals surface area contributed by atoms with Crippen molar-refractivity contribution in [1.29, 1.82) is 0 Å². The molecule has 0 aliphatic heterocycles. The first-order valence-electron chi connectivity index (χ1n) is 21.8. The lowest BCUT2D eigenvalue weighted by Crippen LogP contribution is -2.07. The lowest BCUT2D eigenvalue weighted by atomic mass is 10.1. The normalized spacial score (nSPS) is 11.3. The molecule has 0 saturated heterocycles. The van der Waals surface area contributed by atoms with Gasteiger partial charge >= 0.3 is 0 Å². The van der Waals surface area contributed by atoms with Crippen molar-refractivity contribution in [3.8, 4) is 17.2 Å². The van der Waals surface area contributed by atoms with Gasteiger partial charge in [-0.25, -0.2) is 0 Å².